The Bertz CT molecular complexity index is 349. The summed E-state index contributed by atoms with van der Waals surface area (Å²) < 4.78 is 0. The summed E-state index contributed by atoms with van der Waals surface area (Å²) in [6.07, 6.45) is 2.03. The molecule has 0 aromatic heterocycles. The van der Waals surface area contributed by atoms with Gasteiger partial charge >= 0.3 is 0 Å². The van der Waals surface area contributed by atoms with Gasteiger partial charge < -0.3 is 10.4 Å². The van der Waals surface area contributed by atoms with Crippen LogP contribution in [0.4, 0.5) is 0 Å². The van der Waals surface area contributed by atoms with Crippen LogP contribution in [0.3, 0.4) is 0 Å². The molecular weight excluding hydrogens is 242 g/mol. The van der Waals surface area contributed by atoms with Crippen molar-refractivity contribution in [2.75, 3.05) is 24.6 Å². The fraction of sp³-hybridized carbons (Fsp3) is 0.600. The molecule has 2 rings (SSSR count). The molecule has 0 aliphatic carbocycles. The van der Waals surface area contributed by atoms with E-state index in [4.69, 9.17) is 0 Å². The molecule has 0 saturated carbocycles. The first-order chi connectivity index (χ1) is 8.68. The van der Waals surface area contributed by atoms with E-state index in [9.17, 15) is 5.11 Å². The van der Waals surface area contributed by atoms with E-state index in [1.807, 2.05) is 11.8 Å². The van der Waals surface area contributed by atoms with Gasteiger partial charge in [0.15, 0.2) is 0 Å². The standard InChI is InChI=1S/C15H23NOS/c1-13(9-14-5-3-2-4-6-14)10-16-11-15(17)7-8-18-12-15/h2-6,13,16-17H,7-12H2,1H3/t13-,15-/m0/s1. The quantitative estimate of drug-likeness (QED) is 0.828. The van der Waals surface area contributed by atoms with Crippen LogP contribution in [0, 0.1) is 5.92 Å². The Kier molecular flexibility index (Phi) is 5.10. The number of hydrogen-bond donors (Lipinski definition) is 2. The molecule has 1 aromatic rings. The van der Waals surface area contributed by atoms with Crippen LogP contribution < -0.4 is 5.32 Å². The van der Waals surface area contributed by atoms with Gasteiger partial charge in [-0.15, -0.1) is 0 Å². The molecule has 1 heterocycles. The first kappa shape index (κ1) is 13.9. The van der Waals surface area contributed by atoms with Gasteiger partial charge in [0.2, 0.25) is 0 Å². The van der Waals surface area contributed by atoms with Gasteiger partial charge in [0.1, 0.15) is 0 Å². The second-order valence-corrected chi connectivity index (χ2v) is 6.56. The molecule has 0 unspecified atom stereocenters. The summed E-state index contributed by atoms with van der Waals surface area (Å²) in [6, 6.07) is 10.6. The fourth-order valence-electron chi connectivity index (χ4n) is 2.38. The van der Waals surface area contributed by atoms with Crippen molar-refractivity contribution in [3.05, 3.63) is 35.9 Å². The molecule has 3 heteroatoms. The van der Waals surface area contributed by atoms with Crippen molar-refractivity contribution >= 4 is 11.8 Å². The molecule has 2 N–H and O–H groups in total. The molecule has 1 saturated heterocycles. The summed E-state index contributed by atoms with van der Waals surface area (Å²) in [5.74, 6) is 2.58. The third-order valence-electron chi connectivity index (χ3n) is 3.46. The largest absolute Gasteiger partial charge is 0.388 e. The number of hydrogen-bond acceptors (Lipinski definition) is 3. The van der Waals surface area contributed by atoms with E-state index in [-0.39, 0.29) is 0 Å². The van der Waals surface area contributed by atoms with Crippen LogP contribution in [-0.4, -0.2) is 35.3 Å². The predicted octanol–water partition coefficient (Wildman–Crippen LogP) is 2.32. The lowest BCUT2D eigenvalue weighted by Gasteiger charge is -2.23. The van der Waals surface area contributed by atoms with E-state index in [0.29, 0.717) is 5.92 Å². The van der Waals surface area contributed by atoms with Gasteiger partial charge in [-0.2, -0.15) is 11.8 Å². The van der Waals surface area contributed by atoms with Gasteiger partial charge in [-0.1, -0.05) is 37.3 Å². The lowest BCUT2D eigenvalue weighted by molar-refractivity contribution is 0.0670. The van der Waals surface area contributed by atoms with Gasteiger partial charge in [0, 0.05) is 12.3 Å². The molecule has 0 bridgehead atoms. The maximum atomic E-state index is 10.2. The Morgan fingerprint density at radius 1 is 1.39 bits per heavy atom. The predicted molar refractivity (Wildman–Crippen MR) is 79.1 cm³/mol. The molecule has 1 aliphatic heterocycles. The number of thioether (sulfide) groups is 1. The Labute approximate surface area is 114 Å². The minimum absolute atomic E-state index is 0.461. The van der Waals surface area contributed by atoms with Crippen LogP contribution in [0.15, 0.2) is 30.3 Å². The topological polar surface area (TPSA) is 32.3 Å². The lowest BCUT2D eigenvalue weighted by atomic mass is 10.00. The second kappa shape index (κ2) is 6.60. The van der Waals surface area contributed by atoms with Crippen LogP contribution >= 0.6 is 11.8 Å². The van der Waals surface area contributed by atoms with Crippen LogP contribution in [0.25, 0.3) is 0 Å². The van der Waals surface area contributed by atoms with Crippen molar-refractivity contribution in [1.82, 2.24) is 5.32 Å². The minimum Gasteiger partial charge on any atom is -0.388 e. The van der Waals surface area contributed by atoms with Crippen LogP contribution in [-0.2, 0) is 6.42 Å². The zero-order valence-corrected chi connectivity index (χ0v) is 11.9. The van der Waals surface area contributed by atoms with Crippen LogP contribution in [0.5, 0.6) is 0 Å². The molecule has 1 aliphatic rings. The van der Waals surface area contributed by atoms with E-state index in [0.717, 1.165) is 37.4 Å². The Hall–Kier alpha value is -0.510. The van der Waals surface area contributed by atoms with Gasteiger partial charge in [0.05, 0.1) is 5.60 Å². The highest BCUT2D eigenvalue weighted by atomic mass is 32.2. The highest BCUT2D eigenvalue weighted by molar-refractivity contribution is 7.99. The maximum Gasteiger partial charge on any atom is 0.0869 e. The van der Waals surface area contributed by atoms with E-state index >= 15 is 0 Å². The van der Waals surface area contributed by atoms with E-state index < -0.39 is 5.60 Å². The van der Waals surface area contributed by atoms with Gasteiger partial charge in [-0.25, -0.2) is 0 Å². The van der Waals surface area contributed by atoms with Gasteiger partial charge in [0.25, 0.3) is 0 Å². The Morgan fingerprint density at radius 2 is 2.17 bits per heavy atom. The molecule has 1 fully saturated rings. The number of nitrogens with one attached hydrogen (secondary N) is 1. The minimum atomic E-state index is -0.461. The van der Waals surface area contributed by atoms with Crippen LogP contribution in [0.2, 0.25) is 0 Å². The highest BCUT2D eigenvalue weighted by Gasteiger charge is 2.31. The fourth-order valence-corrected chi connectivity index (χ4v) is 3.67. The van der Waals surface area contributed by atoms with E-state index in [2.05, 4.69) is 42.6 Å². The van der Waals surface area contributed by atoms with E-state index in [1.165, 1.54) is 5.56 Å². The second-order valence-electron chi connectivity index (χ2n) is 5.45. The summed E-state index contributed by atoms with van der Waals surface area (Å²) >= 11 is 1.85. The molecule has 2 atom stereocenters. The highest BCUT2D eigenvalue weighted by Crippen LogP contribution is 2.26. The molecule has 18 heavy (non-hydrogen) atoms. The zero-order chi connectivity index (χ0) is 12.8. The lowest BCUT2D eigenvalue weighted by Crippen LogP contribution is -2.42. The number of aliphatic hydroxyl groups is 1. The number of benzene rings is 1. The molecule has 0 spiro atoms. The summed E-state index contributed by atoms with van der Waals surface area (Å²) in [5.41, 5.74) is 0.930. The first-order valence-electron chi connectivity index (χ1n) is 6.73. The first-order valence-corrected chi connectivity index (χ1v) is 7.88. The van der Waals surface area contributed by atoms with Crippen molar-refractivity contribution in [2.45, 2.75) is 25.4 Å². The van der Waals surface area contributed by atoms with Gasteiger partial charge in [-0.05, 0) is 36.6 Å². The average molecular weight is 265 g/mol. The normalized spacial score (nSPS) is 25.2. The van der Waals surface area contributed by atoms with Gasteiger partial charge in [-0.3, -0.25) is 0 Å². The van der Waals surface area contributed by atoms with Crippen molar-refractivity contribution < 1.29 is 5.11 Å². The summed E-state index contributed by atoms with van der Waals surface area (Å²) in [7, 11) is 0. The smallest absolute Gasteiger partial charge is 0.0869 e. The van der Waals surface area contributed by atoms with Crippen molar-refractivity contribution in [2.24, 2.45) is 5.92 Å². The van der Waals surface area contributed by atoms with Crippen molar-refractivity contribution in [3.8, 4) is 0 Å². The van der Waals surface area contributed by atoms with Crippen molar-refractivity contribution in [1.29, 1.82) is 0 Å². The Balaban J connectivity index is 1.67. The monoisotopic (exact) mass is 265 g/mol. The van der Waals surface area contributed by atoms with Crippen LogP contribution in [0.1, 0.15) is 18.9 Å². The summed E-state index contributed by atoms with van der Waals surface area (Å²) in [6.45, 7) is 3.97. The van der Waals surface area contributed by atoms with E-state index in [1.54, 1.807) is 0 Å². The third kappa shape index (κ3) is 4.30. The molecular formula is C15H23NOS. The Morgan fingerprint density at radius 3 is 2.83 bits per heavy atom. The SMILES string of the molecule is C[C@H](CNC[C@@]1(O)CCSC1)Cc1ccccc1. The molecule has 2 nitrogen and oxygen atoms in total. The maximum absolute atomic E-state index is 10.2. The van der Waals surface area contributed by atoms with Crippen molar-refractivity contribution in [3.63, 3.8) is 0 Å². The molecule has 0 radical (unpaired) electrons. The summed E-state index contributed by atoms with van der Waals surface area (Å²) in [5, 5.41) is 13.6. The number of rotatable bonds is 6. The molecule has 1 aromatic carbocycles. The third-order valence-corrected chi connectivity index (χ3v) is 4.69. The average Bonchev–Trinajstić information content (AvgIpc) is 2.77. The summed E-state index contributed by atoms with van der Waals surface area (Å²) in [4.78, 5) is 0. The molecule has 0 amide bonds. The zero-order valence-electron chi connectivity index (χ0n) is 11.1. The molecule has 100 valence electrons.